The lowest BCUT2D eigenvalue weighted by Gasteiger charge is -2.14. The van der Waals surface area contributed by atoms with Crippen LogP contribution in [0.1, 0.15) is 5.76 Å². The highest BCUT2D eigenvalue weighted by atomic mass is 35.5. The lowest BCUT2D eigenvalue weighted by atomic mass is 10.1. The van der Waals surface area contributed by atoms with Crippen LogP contribution in [0.25, 0.3) is 17.4 Å². The first-order valence-electron chi connectivity index (χ1n) is 8.94. The Hall–Kier alpha value is -3.21. The number of benzene rings is 2. The van der Waals surface area contributed by atoms with Gasteiger partial charge in [0.2, 0.25) is 0 Å². The largest absolute Gasteiger partial charge is 0.496 e. The monoisotopic (exact) mass is 490 g/mol. The third kappa shape index (κ3) is 4.12. The van der Waals surface area contributed by atoms with Gasteiger partial charge in [0.05, 0.1) is 39.3 Å². The molecular weight excluding hydrogens is 479 g/mol. The number of halogens is 2. The highest BCUT2D eigenvalue weighted by molar-refractivity contribution is 8.27. The molecule has 2 aromatic carbocycles. The molecule has 32 heavy (non-hydrogen) atoms. The van der Waals surface area contributed by atoms with Gasteiger partial charge in [-0.05, 0) is 36.4 Å². The third-order valence-corrected chi connectivity index (χ3v) is 6.11. The summed E-state index contributed by atoms with van der Waals surface area (Å²) in [4.78, 5) is 24.9. The zero-order valence-electron chi connectivity index (χ0n) is 16.2. The number of carbonyl (C=O) groups excluding carboxylic acids is 1. The van der Waals surface area contributed by atoms with E-state index < -0.39 is 16.6 Å². The van der Waals surface area contributed by atoms with E-state index in [4.69, 9.17) is 33.0 Å². The molecule has 0 spiro atoms. The lowest BCUT2D eigenvalue weighted by Crippen LogP contribution is -2.27. The van der Waals surface area contributed by atoms with E-state index in [1.165, 1.54) is 48.4 Å². The first-order valence-corrected chi connectivity index (χ1v) is 10.5. The van der Waals surface area contributed by atoms with Crippen molar-refractivity contribution in [2.24, 2.45) is 0 Å². The van der Waals surface area contributed by atoms with Crippen molar-refractivity contribution in [1.82, 2.24) is 0 Å². The SMILES string of the molecule is COc1cc([N+](=O)[O-])ccc1-c1ccc(/C=C2/SC(=S)N(c3ccc(F)c(Cl)c3)C2=O)o1. The second-order valence-corrected chi connectivity index (χ2v) is 8.54. The lowest BCUT2D eigenvalue weighted by molar-refractivity contribution is -0.384. The minimum Gasteiger partial charge on any atom is -0.496 e. The van der Waals surface area contributed by atoms with Gasteiger partial charge in [-0.2, -0.15) is 0 Å². The van der Waals surface area contributed by atoms with Crippen molar-refractivity contribution >= 4 is 63.3 Å². The van der Waals surface area contributed by atoms with Crippen LogP contribution in [0.2, 0.25) is 5.02 Å². The summed E-state index contributed by atoms with van der Waals surface area (Å²) in [6.07, 6.45) is 1.53. The maximum absolute atomic E-state index is 13.5. The van der Waals surface area contributed by atoms with E-state index >= 15 is 0 Å². The normalized spacial score (nSPS) is 15.0. The molecule has 1 aromatic heterocycles. The third-order valence-electron chi connectivity index (χ3n) is 4.52. The molecule has 11 heteroatoms. The number of ether oxygens (including phenoxy) is 1. The van der Waals surface area contributed by atoms with Crippen molar-refractivity contribution in [3.63, 3.8) is 0 Å². The molecule has 0 aliphatic carbocycles. The van der Waals surface area contributed by atoms with Crippen LogP contribution in [0.5, 0.6) is 5.75 Å². The van der Waals surface area contributed by atoms with Crippen LogP contribution in [0.3, 0.4) is 0 Å². The molecule has 0 saturated carbocycles. The average Bonchev–Trinajstić information content (AvgIpc) is 3.34. The van der Waals surface area contributed by atoms with Crippen molar-refractivity contribution in [2.45, 2.75) is 0 Å². The number of anilines is 1. The number of non-ortho nitro benzene ring substituents is 1. The van der Waals surface area contributed by atoms with Crippen molar-refractivity contribution in [3.05, 3.63) is 80.2 Å². The van der Waals surface area contributed by atoms with Crippen LogP contribution in [0.4, 0.5) is 15.8 Å². The standard InChI is InChI=1S/C21H12ClFN2O5S2/c1-29-18-9-12(25(27)28)2-5-14(18)17-7-4-13(30-17)10-19-20(26)24(21(31)32-19)11-3-6-16(23)15(22)8-11/h2-10H,1H3/b19-10+. The Morgan fingerprint density at radius 2 is 2.03 bits per heavy atom. The highest BCUT2D eigenvalue weighted by Crippen LogP contribution is 2.39. The molecule has 1 fully saturated rings. The number of thiocarbonyl (C=S) groups is 1. The quantitative estimate of drug-likeness (QED) is 0.186. The zero-order valence-corrected chi connectivity index (χ0v) is 18.6. The molecular formula is C21H12ClFN2O5S2. The van der Waals surface area contributed by atoms with E-state index in [-0.39, 0.29) is 20.8 Å². The summed E-state index contributed by atoms with van der Waals surface area (Å²) in [7, 11) is 1.40. The molecule has 1 saturated heterocycles. The van der Waals surface area contributed by atoms with Gasteiger partial charge >= 0.3 is 0 Å². The molecule has 0 bridgehead atoms. The molecule has 0 atom stereocenters. The van der Waals surface area contributed by atoms with E-state index in [9.17, 15) is 19.3 Å². The van der Waals surface area contributed by atoms with Gasteiger partial charge in [-0.3, -0.25) is 19.8 Å². The van der Waals surface area contributed by atoms with E-state index in [0.717, 1.165) is 17.8 Å². The Kier molecular flexibility index (Phi) is 6.00. The molecule has 1 aliphatic heterocycles. The molecule has 4 rings (SSSR count). The number of hydrogen-bond donors (Lipinski definition) is 0. The number of nitrogens with zero attached hydrogens (tertiary/aromatic N) is 2. The van der Waals surface area contributed by atoms with Crippen LogP contribution >= 0.6 is 35.6 Å². The second kappa shape index (κ2) is 8.73. The first kappa shape index (κ1) is 22.0. The number of amides is 1. The number of thioether (sulfide) groups is 1. The minimum atomic E-state index is -0.596. The Morgan fingerprint density at radius 3 is 2.72 bits per heavy atom. The summed E-state index contributed by atoms with van der Waals surface area (Å²) in [6.45, 7) is 0. The maximum Gasteiger partial charge on any atom is 0.273 e. The summed E-state index contributed by atoms with van der Waals surface area (Å²) < 4.78 is 24.8. The van der Waals surface area contributed by atoms with E-state index in [1.54, 1.807) is 12.1 Å². The van der Waals surface area contributed by atoms with Gasteiger partial charge in [0, 0.05) is 12.1 Å². The first-order chi connectivity index (χ1) is 15.3. The fourth-order valence-electron chi connectivity index (χ4n) is 3.02. The summed E-state index contributed by atoms with van der Waals surface area (Å²) in [5.41, 5.74) is 0.770. The predicted molar refractivity (Wildman–Crippen MR) is 124 cm³/mol. The summed E-state index contributed by atoms with van der Waals surface area (Å²) in [6, 6.07) is 11.4. The minimum absolute atomic E-state index is 0.109. The number of nitro benzene ring substituents is 1. The number of nitro groups is 1. The Morgan fingerprint density at radius 1 is 1.25 bits per heavy atom. The number of methoxy groups -OCH3 is 1. The molecule has 3 aromatic rings. The van der Waals surface area contributed by atoms with Gasteiger partial charge in [0.25, 0.3) is 11.6 Å². The molecule has 1 aliphatic rings. The van der Waals surface area contributed by atoms with E-state index in [2.05, 4.69) is 0 Å². The van der Waals surface area contributed by atoms with Gasteiger partial charge in [-0.15, -0.1) is 0 Å². The van der Waals surface area contributed by atoms with Gasteiger partial charge in [0.1, 0.15) is 23.1 Å². The molecule has 7 nitrogen and oxygen atoms in total. The van der Waals surface area contributed by atoms with E-state index in [0.29, 0.717) is 27.7 Å². The van der Waals surface area contributed by atoms with Crippen LogP contribution < -0.4 is 9.64 Å². The molecule has 162 valence electrons. The summed E-state index contributed by atoms with van der Waals surface area (Å²) >= 11 is 12.2. The van der Waals surface area contributed by atoms with Gasteiger partial charge in [-0.25, -0.2) is 4.39 Å². The molecule has 0 unspecified atom stereocenters. The molecule has 1 amide bonds. The van der Waals surface area contributed by atoms with Crippen LogP contribution in [-0.4, -0.2) is 22.3 Å². The fraction of sp³-hybridized carbons (Fsp3) is 0.0476. The number of rotatable bonds is 5. The predicted octanol–water partition coefficient (Wildman–Crippen LogP) is 6.06. The molecule has 2 heterocycles. The van der Waals surface area contributed by atoms with Crippen molar-refractivity contribution in [1.29, 1.82) is 0 Å². The topological polar surface area (TPSA) is 85.8 Å². The highest BCUT2D eigenvalue weighted by Gasteiger charge is 2.34. The molecule has 0 N–H and O–H groups in total. The second-order valence-electron chi connectivity index (χ2n) is 6.46. The molecule has 0 radical (unpaired) electrons. The Balaban J connectivity index is 1.62. The fourth-order valence-corrected chi connectivity index (χ4v) is 4.47. The number of furan rings is 1. The Bertz CT molecular complexity index is 1310. The van der Waals surface area contributed by atoms with Crippen molar-refractivity contribution < 1.29 is 23.3 Å². The zero-order chi connectivity index (χ0) is 23.0. The number of hydrogen-bond acceptors (Lipinski definition) is 7. The van der Waals surface area contributed by atoms with Crippen molar-refractivity contribution in [3.8, 4) is 17.1 Å². The summed E-state index contributed by atoms with van der Waals surface area (Å²) in [5, 5.41) is 10.9. The summed E-state index contributed by atoms with van der Waals surface area (Å²) in [5.74, 6) is 0.0659. The van der Waals surface area contributed by atoms with Crippen LogP contribution in [0, 0.1) is 15.9 Å². The smallest absolute Gasteiger partial charge is 0.273 e. The van der Waals surface area contributed by atoms with Crippen LogP contribution in [0.15, 0.2) is 57.9 Å². The van der Waals surface area contributed by atoms with E-state index in [1.807, 2.05) is 0 Å². The average molecular weight is 491 g/mol. The van der Waals surface area contributed by atoms with Crippen LogP contribution in [-0.2, 0) is 4.79 Å². The van der Waals surface area contributed by atoms with Gasteiger partial charge in [-0.1, -0.05) is 35.6 Å². The van der Waals surface area contributed by atoms with Gasteiger partial charge < -0.3 is 9.15 Å². The van der Waals surface area contributed by atoms with Crippen molar-refractivity contribution in [2.75, 3.05) is 12.0 Å². The van der Waals surface area contributed by atoms with Gasteiger partial charge in [0.15, 0.2) is 4.32 Å². The Labute approximate surface area is 195 Å². The maximum atomic E-state index is 13.5. The number of carbonyl (C=O) groups is 1.